The van der Waals surface area contributed by atoms with E-state index in [1.807, 2.05) is 0 Å². The van der Waals surface area contributed by atoms with Crippen molar-refractivity contribution in [2.75, 3.05) is 4.90 Å². The number of para-hydroxylation sites is 1. The van der Waals surface area contributed by atoms with Gasteiger partial charge in [-0.3, -0.25) is 0 Å². The van der Waals surface area contributed by atoms with Crippen LogP contribution in [0.5, 0.6) is 0 Å². The number of hydrogen-bond donors (Lipinski definition) is 0. The molecule has 0 aliphatic heterocycles. The van der Waals surface area contributed by atoms with Gasteiger partial charge in [0.2, 0.25) is 0 Å². The van der Waals surface area contributed by atoms with Gasteiger partial charge < -0.3 is 4.90 Å². The van der Waals surface area contributed by atoms with Gasteiger partial charge in [-0.15, -0.1) is 0 Å². The van der Waals surface area contributed by atoms with Crippen molar-refractivity contribution >= 4 is 27.8 Å². The molecule has 0 heterocycles. The Morgan fingerprint density at radius 3 is 1.46 bits per heavy atom. The molecule has 0 amide bonds. The van der Waals surface area contributed by atoms with Crippen molar-refractivity contribution in [1.29, 1.82) is 0 Å². The first-order valence-corrected chi connectivity index (χ1v) is 18.7. The molecule has 0 bridgehead atoms. The Morgan fingerprint density at radius 2 is 0.796 bits per heavy atom. The Morgan fingerprint density at radius 1 is 0.315 bits per heavy atom. The molecule has 54 heavy (non-hydrogen) atoms. The molecule has 0 saturated carbocycles. The van der Waals surface area contributed by atoms with Crippen LogP contribution in [0.1, 0.15) is 22.3 Å². The zero-order valence-electron chi connectivity index (χ0n) is 29.8. The van der Waals surface area contributed by atoms with Gasteiger partial charge in [0.1, 0.15) is 0 Å². The number of nitrogens with zero attached hydrogens (tertiary/aromatic N) is 1. The van der Waals surface area contributed by atoms with Gasteiger partial charge in [0.05, 0.1) is 11.1 Å². The SMILES string of the molecule is c1ccc(-c2ccc3cc(-c4cccc(N(c5ccccc5)c5cccc6c5-c5ccccc5C6(c5ccccc5)c5ccccc5)c4)ccc3c2)cc1. The van der Waals surface area contributed by atoms with Crippen LogP contribution >= 0.6 is 0 Å². The minimum absolute atomic E-state index is 0.472. The second-order valence-electron chi connectivity index (χ2n) is 14.1. The number of hydrogen-bond acceptors (Lipinski definition) is 1. The molecule has 1 aliphatic carbocycles. The molecule has 0 spiro atoms. The molecule has 1 heteroatoms. The summed E-state index contributed by atoms with van der Waals surface area (Å²) >= 11 is 0. The molecule has 0 unspecified atom stereocenters. The van der Waals surface area contributed by atoms with Gasteiger partial charge in [0.15, 0.2) is 0 Å². The predicted molar refractivity (Wildman–Crippen MR) is 227 cm³/mol. The average molecular weight is 688 g/mol. The smallest absolute Gasteiger partial charge is 0.0714 e. The third kappa shape index (κ3) is 5.17. The molecule has 0 radical (unpaired) electrons. The summed E-state index contributed by atoms with van der Waals surface area (Å²) in [5.41, 5.74) is 15.4. The van der Waals surface area contributed by atoms with Gasteiger partial charge in [-0.1, -0.05) is 182 Å². The fourth-order valence-electron chi connectivity index (χ4n) is 8.72. The van der Waals surface area contributed by atoms with Crippen LogP contribution in [-0.2, 0) is 5.41 Å². The first kappa shape index (κ1) is 31.7. The van der Waals surface area contributed by atoms with Crippen LogP contribution in [0, 0.1) is 0 Å². The number of anilines is 3. The van der Waals surface area contributed by atoms with Gasteiger partial charge in [-0.05, 0) is 103 Å². The van der Waals surface area contributed by atoms with Crippen LogP contribution in [-0.4, -0.2) is 0 Å². The largest absolute Gasteiger partial charge is 0.310 e. The van der Waals surface area contributed by atoms with E-state index in [9.17, 15) is 0 Å². The highest BCUT2D eigenvalue weighted by atomic mass is 15.1. The van der Waals surface area contributed by atoms with E-state index in [-0.39, 0.29) is 0 Å². The lowest BCUT2D eigenvalue weighted by atomic mass is 9.68. The maximum Gasteiger partial charge on any atom is 0.0714 e. The Labute approximate surface area is 317 Å². The van der Waals surface area contributed by atoms with E-state index < -0.39 is 5.41 Å². The molecular formula is C53H37N. The molecule has 9 aromatic carbocycles. The topological polar surface area (TPSA) is 3.24 Å². The molecule has 0 fully saturated rings. The lowest BCUT2D eigenvalue weighted by molar-refractivity contribution is 0.768. The highest BCUT2D eigenvalue weighted by molar-refractivity contribution is 5.98. The maximum absolute atomic E-state index is 2.44. The van der Waals surface area contributed by atoms with Crippen molar-refractivity contribution in [3.63, 3.8) is 0 Å². The van der Waals surface area contributed by atoms with Gasteiger partial charge >= 0.3 is 0 Å². The Bertz CT molecular complexity index is 2710. The molecule has 1 nitrogen and oxygen atoms in total. The van der Waals surface area contributed by atoms with Crippen molar-refractivity contribution in [2.45, 2.75) is 5.41 Å². The van der Waals surface area contributed by atoms with E-state index in [0.29, 0.717) is 0 Å². The number of benzene rings is 9. The minimum atomic E-state index is -0.472. The molecule has 0 aromatic heterocycles. The second kappa shape index (κ2) is 13.2. The van der Waals surface area contributed by atoms with E-state index in [0.717, 1.165) is 17.1 Å². The molecule has 0 atom stereocenters. The highest BCUT2D eigenvalue weighted by Crippen LogP contribution is 2.59. The van der Waals surface area contributed by atoms with E-state index in [2.05, 4.69) is 229 Å². The first-order valence-electron chi connectivity index (χ1n) is 18.7. The summed E-state index contributed by atoms with van der Waals surface area (Å²) in [7, 11) is 0. The average Bonchev–Trinajstić information content (AvgIpc) is 3.56. The van der Waals surface area contributed by atoms with Gasteiger partial charge in [-0.25, -0.2) is 0 Å². The van der Waals surface area contributed by atoms with E-state index >= 15 is 0 Å². The van der Waals surface area contributed by atoms with Crippen LogP contribution in [0.3, 0.4) is 0 Å². The van der Waals surface area contributed by atoms with E-state index in [1.54, 1.807) is 0 Å². The first-order chi connectivity index (χ1) is 26.8. The van der Waals surface area contributed by atoms with Crippen molar-refractivity contribution in [1.82, 2.24) is 0 Å². The summed E-state index contributed by atoms with van der Waals surface area (Å²) in [5.74, 6) is 0. The second-order valence-corrected chi connectivity index (χ2v) is 14.1. The van der Waals surface area contributed by atoms with Crippen molar-refractivity contribution in [3.8, 4) is 33.4 Å². The Balaban J connectivity index is 1.16. The lowest BCUT2D eigenvalue weighted by Gasteiger charge is -2.34. The van der Waals surface area contributed by atoms with Gasteiger partial charge in [-0.2, -0.15) is 0 Å². The molecule has 10 rings (SSSR count). The summed E-state index contributed by atoms with van der Waals surface area (Å²) in [6, 6.07) is 81.9. The van der Waals surface area contributed by atoms with Crippen LogP contribution in [0.25, 0.3) is 44.2 Å². The number of rotatable bonds is 7. The van der Waals surface area contributed by atoms with Crippen molar-refractivity contribution in [3.05, 3.63) is 247 Å². The molecule has 0 N–H and O–H groups in total. The Hall–Kier alpha value is -6.96. The standard InChI is InChI=1S/C53H37N/c1-5-17-38(18-6-1)40-31-32-43-36-41(33-34-42(43)35-40)39-19-15-26-47(37-39)54(46-24-11-4-12-25-46)51-30-16-29-50-52(51)48-27-13-14-28-49(48)53(50,44-20-7-2-8-21-44)45-22-9-3-10-23-45/h1-37H. The van der Waals surface area contributed by atoms with Gasteiger partial charge in [0, 0.05) is 16.9 Å². The van der Waals surface area contributed by atoms with Crippen LogP contribution < -0.4 is 4.90 Å². The monoisotopic (exact) mass is 687 g/mol. The third-order valence-electron chi connectivity index (χ3n) is 11.1. The van der Waals surface area contributed by atoms with Crippen LogP contribution in [0.15, 0.2) is 224 Å². The summed E-state index contributed by atoms with van der Waals surface area (Å²) < 4.78 is 0. The maximum atomic E-state index is 2.44. The Kier molecular flexibility index (Phi) is 7.78. The van der Waals surface area contributed by atoms with E-state index in [4.69, 9.17) is 0 Å². The summed E-state index contributed by atoms with van der Waals surface area (Å²) in [6.45, 7) is 0. The normalized spacial score (nSPS) is 12.6. The van der Waals surface area contributed by atoms with Crippen LogP contribution in [0.2, 0.25) is 0 Å². The fraction of sp³-hybridized carbons (Fsp3) is 0.0189. The zero-order chi connectivity index (χ0) is 35.9. The van der Waals surface area contributed by atoms with Crippen molar-refractivity contribution in [2.24, 2.45) is 0 Å². The summed E-state index contributed by atoms with van der Waals surface area (Å²) in [5, 5.41) is 2.47. The van der Waals surface area contributed by atoms with Crippen LogP contribution in [0.4, 0.5) is 17.1 Å². The fourth-order valence-corrected chi connectivity index (χ4v) is 8.72. The minimum Gasteiger partial charge on any atom is -0.310 e. The molecule has 9 aromatic rings. The molecule has 1 aliphatic rings. The third-order valence-corrected chi connectivity index (χ3v) is 11.1. The molecule has 0 saturated heterocycles. The molecular weight excluding hydrogens is 651 g/mol. The predicted octanol–water partition coefficient (Wildman–Crippen LogP) is 14.0. The van der Waals surface area contributed by atoms with Crippen molar-refractivity contribution < 1.29 is 0 Å². The lowest BCUT2D eigenvalue weighted by Crippen LogP contribution is -2.28. The number of fused-ring (bicyclic) bond motifs is 4. The summed E-state index contributed by atoms with van der Waals surface area (Å²) in [6.07, 6.45) is 0. The highest BCUT2D eigenvalue weighted by Gasteiger charge is 2.47. The quantitative estimate of drug-likeness (QED) is 0.161. The van der Waals surface area contributed by atoms with E-state index in [1.165, 1.54) is 66.4 Å². The zero-order valence-corrected chi connectivity index (χ0v) is 29.8. The van der Waals surface area contributed by atoms with Gasteiger partial charge in [0.25, 0.3) is 0 Å². The summed E-state index contributed by atoms with van der Waals surface area (Å²) in [4.78, 5) is 2.44. The molecule has 254 valence electrons.